The molecule has 1 saturated carbocycles. The van der Waals surface area contributed by atoms with Gasteiger partial charge in [0.25, 0.3) is 0 Å². The van der Waals surface area contributed by atoms with Crippen LogP contribution < -0.4 is 11.5 Å². The van der Waals surface area contributed by atoms with E-state index in [1.807, 2.05) is 0 Å². The molecule has 0 saturated heterocycles. The van der Waals surface area contributed by atoms with Gasteiger partial charge in [-0.05, 0) is 30.5 Å². The van der Waals surface area contributed by atoms with Crippen LogP contribution in [-0.4, -0.2) is 20.9 Å². The van der Waals surface area contributed by atoms with Crippen molar-refractivity contribution < 1.29 is 13.9 Å². The van der Waals surface area contributed by atoms with Gasteiger partial charge >= 0.3 is 5.97 Å². The number of carbonyl (C=O) groups excluding carboxylic acids is 1. The van der Waals surface area contributed by atoms with Gasteiger partial charge in [0.2, 0.25) is 11.9 Å². The molecule has 7 nitrogen and oxygen atoms in total. The number of nitrogens with two attached hydrogens (primary N) is 2. The smallest absolute Gasteiger partial charge is 0.317 e. The lowest BCUT2D eigenvalue weighted by atomic mass is 9.79. The van der Waals surface area contributed by atoms with Crippen molar-refractivity contribution in [3.8, 4) is 0 Å². The van der Waals surface area contributed by atoms with Gasteiger partial charge in [-0.3, -0.25) is 4.79 Å². The van der Waals surface area contributed by atoms with Crippen LogP contribution >= 0.6 is 0 Å². The van der Waals surface area contributed by atoms with Gasteiger partial charge in [-0.1, -0.05) is 25.0 Å². The number of nitrogens with zero attached hydrogens (tertiary/aromatic N) is 3. The zero-order chi connectivity index (χ0) is 17.2. The fourth-order valence-corrected chi connectivity index (χ4v) is 3.16. The first-order valence-electron chi connectivity index (χ1n) is 7.69. The van der Waals surface area contributed by atoms with E-state index >= 15 is 0 Å². The van der Waals surface area contributed by atoms with Crippen LogP contribution in [0, 0.1) is 5.82 Å². The summed E-state index contributed by atoms with van der Waals surface area (Å²) < 4.78 is 19.0. The Morgan fingerprint density at radius 2 is 1.83 bits per heavy atom. The molecule has 0 unspecified atom stereocenters. The summed E-state index contributed by atoms with van der Waals surface area (Å²) >= 11 is 0. The highest BCUT2D eigenvalue weighted by atomic mass is 19.1. The largest absolute Gasteiger partial charge is 0.457 e. The monoisotopic (exact) mass is 331 g/mol. The predicted molar refractivity (Wildman–Crippen MR) is 85.0 cm³/mol. The Hall–Kier alpha value is -2.77. The molecule has 0 radical (unpaired) electrons. The summed E-state index contributed by atoms with van der Waals surface area (Å²) in [5.41, 5.74) is 10.8. The molecule has 0 amide bonds. The van der Waals surface area contributed by atoms with Crippen molar-refractivity contribution in [2.45, 2.75) is 37.7 Å². The number of hydrogen-bond acceptors (Lipinski definition) is 7. The first-order chi connectivity index (χ1) is 11.5. The van der Waals surface area contributed by atoms with Crippen LogP contribution in [0.1, 0.15) is 37.1 Å². The molecule has 1 aliphatic rings. The summed E-state index contributed by atoms with van der Waals surface area (Å²) in [5.74, 6) is -0.669. The third kappa shape index (κ3) is 3.12. The molecule has 1 aromatic heterocycles. The van der Waals surface area contributed by atoms with Gasteiger partial charge in [0.15, 0.2) is 12.4 Å². The Kier molecular flexibility index (Phi) is 4.28. The van der Waals surface area contributed by atoms with Crippen molar-refractivity contribution in [1.29, 1.82) is 0 Å². The molecule has 0 spiro atoms. The summed E-state index contributed by atoms with van der Waals surface area (Å²) in [7, 11) is 0. The van der Waals surface area contributed by atoms with Crippen LogP contribution in [0.5, 0.6) is 0 Å². The van der Waals surface area contributed by atoms with Crippen LogP contribution in [0.15, 0.2) is 24.3 Å². The highest BCUT2D eigenvalue weighted by Gasteiger charge is 2.44. The number of ether oxygens (including phenoxy) is 1. The number of rotatable bonds is 4. The number of halogens is 1. The van der Waals surface area contributed by atoms with E-state index in [2.05, 4.69) is 15.0 Å². The van der Waals surface area contributed by atoms with Gasteiger partial charge in [0.1, 0.15) is 5.82 Å². The topological polar surface area (TPSA) is 117 Å². The van der Waals surface area contributed by atoms with Crippen LogP contribution in [0.2, 0.25) is 0 Å². The summed E-state index contributed by atoms with van der Waals surface area (Å²) in [6, 6.07) is 6.11. The maximum Gasteiger partial charge on any atom is 0.317 e. The van der Waals surface area contributed by atoms with Crippen LogP contribution in [0.25, 0.3) is 0 Å². The highest BCUT2D eigenvalue weighted by Crippen LogP contribution is 2.42. The standard InChI is InChI=1S/C16H18FN5O2/c17-11-5-3-4-10(8-11)16(6-1-2-7-16)13(23)24-9-12-20-14(18)22-15(19)21-12/h3-5,8H,1-2,6-7,9H2,(H4,18,19,20,21,22). The molecule has 0 bridgehead atoms. The molecule has 126 valence electrons. The van der Waals surface area contributed by atoms with Gasteiger partial charge in [-0.25, -0.2) is 4.39 Å². The lowest BCUT2D eigenvalue weighted by molar-refractivity contribution is -0.152. The van der Waals surface area contributed by atoms with Crippen molar-refractivity contribution in [2.24, 2.45) is 0 Å². The quantitative estimate of drug-likeness (QED) is 0.819. The number of carbonyl (C=O) groups is 1. The van der Waals surface area contributed by atoms with Gasteiger partial charge < -0.3 is 16.2 Å². The van der Waals surface area contributed by atoms with E-state index in [4.69, 9.17) is 16.2 Å². The molecule has 4 N–H and O–H groups in total. The summed E-state index contributed by atoms with van der Waals surface area (Å²) in [6.07, 6.45) is 3.02. The Bertz CT molecular complexity index is 742. The number of hydrogen-bond donors (Lipinski definition) is 2. The van der Waals surface area contributed by atoms with E-state index in [1.54, 1.807) is 12.1 Å². The molecule has 1 aromatic carbocycles. The fourth-order valence-electron chi connectivity index (χ4n) is 3.16. The Morgan fingerprint density at radius 3 is 2.46 bits per heavy atom. The van der Waals surface area contributed by atoms with E-state index in [1.165, 1.54) is 12.1 Å². The van der Waals surface area contributed by atoms with E-state index in [0.717, 1.165) is 12.8 Å². The third-order valence-electron chi connectivity index (χ3n) is 4.27. The molecule has 24 heavy (non-hydrogen) atoms. The lowest BCUT2D eigenvalue weighted by Gasteiger charge is -2.27. The Labute approximate surface area is 138 Å². The van der Waals surface area contributed by atoms with Crippen molar-refractivity contribution in [2.75, 3.05) is 11.5 Å². The number of nitrogen functional groups attached to an aromatic ring is 2. The normalized spacial score (nSPS) is 16.0. The minimum absolute atomic E-state index is 0.0331. The van der Waals surface area contributed by atoms with E-state index < -0.39 is 11.4 Å². The van der Waals surface area contributed by atoms with Crippen molar-refractivity contribution in [1.82, 2.24) is 15.0 Å². The van der Waals surface area contributed by atoms with Gasteiger partial charge in [0, 0.05) is 0 Å². The predicted octanol–water partition coefficient (Wildman–Crippen LogP) is 1.73. The van der Waals surface area contributed by atoms with Crippen LogP contribution in [0.3, 0.4) is 0 Å². The molecule has 2 aromatic rings. The van der Waals surface area contributed by atoms with Crippen molar-refractivity contribution >= 4 is 17.9 Å². The molecule has 3 rings (SSSR count). The molecular weight excluding hydrogens is 313 g/mol. The average molecular weight is 331 g/mol. The summed E-state index contributed by atoms with van der Waals surface area (Å²) in [5, 5.41) is 0. The van der Waals surface area contributed by atoms with E-state index in [-0.39, 0.29) is 30.1 Å². The number of anilines is 2. The first-order valence-corrected chi connectivity index (χ1v) is 7.69. The zero-order valence-electron chi connectivity index (χ0n) is 13.0. The second-order valence-corrected chi connectivity index (χ2v) is 5.84. The molecule has 0 aliphatic heterocycles. The van der Waals surface area contributed by atoms with Crippen LogP contribution in [0.4, 0.5) is 16.3 Å². The third-order valence-corrected chi connectivity index (χ3v) is 4.27. The van der Waals surface area contributed by atoms with E-state index in [0.29, 0.717) is 18.4 Å². The average Bonchev–Trinajstić information content (AvgIpc) is 3.03. The Morgan fingerprint density at radius 1 is 1.17 bits per heavy atom. The Balaban J connectivity index is 1.80. The first kappa shape index (κ1) is 16.1. The van der Waals surface area contributed by atoms with E-state index in [9.17, 15) is 9.18 Å². The SMILES string of the molecule is Nc1nc(N)nc(COC(=O)C2(c3cccc(F)c3)CCCC2)n1. The van der Waals surface area contributed by atoms with Gasteiger partial charge in [-0.2, -0.15) is 15.0 Å². The van der Waals surface area contributed by atoms with Crippen molar-refractivity contribution in [3.63, 3.8) is 0 Å². The number of aromatic nitrogens is 3. The number of benzene rings is 1. The second-order valence-electron chi connectivity index (χ2n) is 5.84. The minimum Gasteiger partial charge on any atom is -0.457 e. The number of esters is 1. The zero-order valence-corrected chi connectivity index (χ0v) is 13.0. The second kappa shape index (κ2) is 6.38. The highest BCUT2D eigenvalue weighted by molar-refractivity contribution is 5.83. The lowest BCUT2D eigenvalue weighted by Crippen LogP contribution is -2.35. The molecule has 1 heterocycles. The van der Waals surface area contributed by atoms with Gasteiger partial charge in [-0.15, -0.1) is 0 Å². The molecule has 8 heteroatoms. The maximum atomic E-state index is 13.6. The van der Waals surface area contributed by atoms with Gasteiger partial charge in [0.05, 0.1) is 5.41 Å². The molecule has 1 aliphatic carbocycles. The molecule has 0 atom stereocenters. The van der Waals surface area contributed by atoms with Crippen LogP contribution in [-0.2, 0) is 21.6 Å². The molecular formula is C16H18FN5O2. The summed E-state index contributed by atoms with van der Waals surface area (Å²) in [6.45, 7) is -0.160. The molecule has 1 fully saturated rings. The fraction of sp³-hybridized carbons (Fsp3) is 0.375. The maximum absolute atomic E-state index is 13.6. The van der Waals surface area contributed by atoms with Crippen molar-refractivity contribution in [3.05, 3.63) is 41.5 Å². The summed E-state index contributed by atoms with van der Waals surface area (Å²) in [4.78, 5) is 24.2. The minimum atomic E-state index is -0.827.